The van der Waals surface area contributed by atoms with Crippen LogP contribution in [0.25, 0.3) is 16.4 Å². The lowest BCUT2D eigenvalue weighted by molar-refractivity contribution is -0.121. The van der Waals surface area contributed by atoms with Crippen LogP contribution in [0.1, 0.15) is 6.42 Å². The van der Waals surface area contributed by atoms with Crippen LogP contribution >= 0.6 is 0 Å². The van der Waals surface area contributed by atoms with Crippen LogP contribution in [-0.4, -0.2) is 64.4 Å². The van der Waals surface area contributed by atoms with E-state index in [0.29, 0.717) is 23.0 Å². The minimum atomic E-state index is -0.387. The van der Waals surface area contributed by atoms with Gasteiger partial charge in [-0.05, 0) is 37.2 Å². The number of fused-ring (bicyclic) bond motifs is 3. The highest BCUT2D eigenvalue weighted by molar-refractivity contribution is 5.86. The van der Waals surface area contributed by atoms with Gasteiger partial charge in [0.05, 0.1) is 18.7 Å². The summed E-state index contributed by atoms with van der Waals surface area (Å²) >= 11 is 0. The van der Waals surface area contributed by atoms with E-state index in [2.05, 4.69) is 15.3 Å². The highest BCUT2D eigenvalue weighted by Crippen LogP contribution is 2.18. The minimum Gasteiger partial charge on any atom is -0.379 e. The molecule has 1 amide bonds. The van der Waals surface area contributed by atoms with E-state index in [-0.39, 0.29) is 23.8 Å². The summed E-state index contributed by atoms with van der Waals surface area (Å²) in [5.41, 5.74) is 0.666. The van der Waals surface area contributed by atoms with Crippen molar-refractivity contribution in [1.82, 2.24) is 24.4 Å². The molecular formula is C19H22FN5O3. The summed E-state index contributed by atoms with van der Waals surface area (Å²) in [5, 5.41) is 7.53. The van der Waals surface area contributed by atoms with Crippen molar-refractivity contribution >= 4 is 22.3 Å². The fraction of sp³-hybridized carbons (Fsp3) is 0.421. The first-order chi connectivity index (χ1) is 13.6. The van der Waals surface area contributed by atoms with Gasteiger partial charge in [0.25, 0.3) is 5.56 Å². The summed E-state index contributed by atoms with van der Waals surface area (Å²) in [4.78, 5) is 27.1. The Labute approximate surface area is 160 Å². The average molecular weight is 387 g/mol. The number of carbonyl (C=O) groups excluding carboxylic acids is 1. The number of hydrogen-bond acceptors (Lipinski definition) is 5. The topological polar surface area (TPSA) is 80.9 Å². The molecule has 0 unspecified atom stereocenters. The third-order valence-electron chi connectivity index (χ3n) is 4.93. The first-order valence-corrected chi connectivity index (χ1v) is 9.35. The van der Waals surface area contributed by atoms with Crippen molar-refractivity contribution in [2.75, 3.05) is 39.4 Å². The summed E-state index contributed by atoms with van der Waals surface area (Å²) in [6.45, 7) is 4.65. The predicted octanol–water partition coefficient (Wildman–Crippen LogP) is 0.627. The maximum Gasteiger partial charge on any atom is 0.291 e. The third-order valence-corrected chi connectivity index (χ3v) is 4.93. The number of aromatic nitrogens is 3. The maximum absolute atomic E-state index is 13.4. The number of nitrogens with zero attached hydrogens (tertiary/aromatic N) is 4. The number of nitrogens with one attached hydrogen (secondary N) is 1. The molecule has 148 valence electrons. The molecule has 28 heavy (non-hydrogen) atoms. The van der Waals surface area contributed by atoms with Crippen LogP contribution in [0.2, 0.25) is 0 Å². The molecule has 2 aromatic heterocycles. The molecule has 0 spiro atoms. The van der Waals surface area contributed by atoms with Crippen LogP contribution in [-0.2, 0) is 16.1 Å². The van der Waals surface area contributed by atoms with Gasteiger partial charge in [0.1, 0.15) is 24.2 Å². The molecule has 0 saturated carbocycles. The van der Waals surface area contributed by atoms with E-state index in [1.165, 1.54) is 18.5 Å². The van der Waals surface area contributed by atoms with Gasteiger partial charge < -0.3 is 10.1 Å². The summed E-state index contributed by atoms with van der Waals surface area (Å²) in [5.74, 6) is -0.628. The maximum atomic E-state index is 13.4. The van der Waals surface area contributed by atoms with E-state index >= 15 is 0 Å². The molecule has 1 aromatic carbocycles. The van der Waals surface area contributed by atoms with Gasteiger partial charge in [-0.15, -0.1) is 0 Å². The molecule has 8 nitrogen and oxygen atoms in total. The number of halogens is 1. The quantitative estimate of drug-likeness (QED) is 0.628. The molecule has 1 aliphatic rings. The van der Waals surface area contributed by atoms with E-state index < -0.39 is 0 Å². The van der Waals surface area contributed by atoms with E-state index in [9.17, 15) is 14.0 Å². The van der Waals surface area contributed by atoms with Crippen molar-refractivity contribution in [3.63, 3.8) is 0 Å². The first-order valence-electron chi connectivity index (χ1n) is 9.35. The highest BCUT2D eigenvalue weighted by Gasteiger charge is 2.13. The second-order valence-electron chi connectivity index (χ2n) is 6.85. The molecule has 4 rings (SSSR count). The van der Waals surface area contributed by atoms with Crippen molar-refractivity contribution in [3.8, 4) is 0 Å². The Morgan fingerprint density at radius 1 is 1.21 bits per heavy atom. The fourth-order valence-corrected chi connectivity index (χ4v) is 3.45. The molecule has 0 bridgehead atoms. The zero-order valence-electron chi connectivity index (χ0n) is 15.4. The molecule has 1 saturated heterocycles. The van der Waals surface area contributed by atoms with Crippen molar-refractivity contribution < 1.29 is 13.9 Å². The Balaban J connectivity index is 1.38. The normalized spacial score (nSPS) is 15.3. The molecule has 1 fully saturated rings. The van der Waals surface area contributed by atoms with E-state index in [4.69, 9.17) is 4.74 Å². The molecule has 1 aliphatic heterocycles. The summed E-state index contributed by atoms with van der Waals surface area (Å²) in [7, 11) is 0. The van der Waals surface area contributed by atoms with Gasteiger partial charge in [-0.1, -0.05) is 0 Å². The fourth-order valence-electron chi connectivity index (χ4n) is 3.45. The van der Waals surface area contributed by atoms with Crippen molar-refractivity contribution in [1.29, 1.82) is 0 Å². The van der Waals surface area contributed by atoms with Crippen LogP contribution in [0, 0.1) is 5.82 Å². The Kier molecular flexibility index (Phi) is 5.36. The average Bonchev–Trinajstić information content (AvgIpc) is 3.06. The van der Waals surface area contributed by atoms with Crippen molar-refractivity contribution in [2.24, 2.45) is 0 Å². The zero-order chi connectivity index (χ0) is 19.5. The molecule has 0 radical (unpaired) electrons. The number of benzene rings is 1. The van der Waals surface area contributed by atoms with Gasteiger partial charge in [-0.25, -0.2) is 9.07 Å². The predicted molar refractivity (Wildman–Crippen MR) is 102 cm³/mol. The van der Waals surface area contributed by atoms with Crippen molar-refractivity contribution in [3.05, 3.63) is 46.8 Å². The number of carbonyl (C=O) groups is 1. The monoisotopic (exact) mass is 387 g/mol. The standard InChI is InChI=1S/C19H22FN5O3/c20-15-2-3-16-14(10-15)11-17-19(27)25(22-13-24(16)17)12-18(26)21-4-1-5-23-6-8-28-9-7-23/h2-3,10-11,13H,1,4-9,12H2,(H,21,26). The number of morpholine rings is 1. The van der Waals surface area contributed by atoms with Crippen LogP contribution < -0.4 is 10.9 Å². The molecular weight excluding hydrogens is 365 g/mol. The Morgan fingerprint density at radius 3 is 2.86 bits per heavy atom. The van der Waals surface area contributed by atoms with Crippen LogP contribution in [0.5, 0.6) is 0 Å². The largest absolute Gasteiger partial charge is 0.379 e. The number of hydrogen-bond donors (Lipinski definition) is 1. The van der Waals surface area contributed by atoms with E-state index in [0.717, 1.165) is 44.0 Å². The number of amides is 1. The Hall–Kier alpha value is -2.78. The number of rotatable bonds is 6. The van der Waals surface area contributed by atoms with Gasteiger partial charge in [0.2, 0.25) is 5.91 Å². The summed E-state index contributed by atoms with van der Waals surface area (Å²) in [6, 6.07) is 5.92. The first kappa shape index (κ1) is 18.6. The Morgan fingerprint density at radius 2 is 2.04 bits per heavy atom. The summed E-state index contributed by atoms with van der Waals surface area (Å²) < 4.78 is 21.5. The molecule has 0 aliphatic carbocycles. The van der Waals surface area contributed by atoms with Crippen molar-refractivity contribution in [2.45, 2.75) is 13.0 Å². The summed E-state index contributed by atoms with van der Waals surface area (Å²) in [6.07, 6.45) is 2.31. The van der Waals surface area contributed by atoms with Gasteiger partial charge in [-0.3, -0.25) is 18.9 Å². The lowest BCUT2D eigenvalue weighted by Crippen LogP contribution is -2.39. The molecule has 0 atom stereocenters. The van der Waals surface area contributed by atoms with Crippen LogP contribution in [0.4, 0.5) is 4.39 Å². The molecule has 1 N–H and O–H groups in total. The van der Waals surface area contributed by atoms with E-state index in [1.807, 2.05) is 0 Å². The zero-order valence-corrected chi connectivity index (χ0v) is 15.4. The third kappa shape index (κ3) is 3.90. The molecule has 3 aromatic rings. The smallest absolute Gasteiger partial charge is 0.291 e. The second kappa shape index (κ2) is 8.07. The van der Waals surface area contributed by atoms with Crippen LogP contribution in [0.3, 0.4) is 0 Å². The van der Waals surface area contributed by atoms with Gasteiger partial charge in [-0.2, -0.15) is 5.10 Å². The minimum absolute atomic E-state index is 0.150. The van der Waals surface area contributed by atoms with Gasteiger partial charge in [0, 0.05) is 25.0 Å². The lowest BCUT2D eigenvalue weighted by atomic mass is 10.2. The Bertz CT molecular complexity index is 1050. The highest BCUT2D eigenvalue weighted by atomic mass is 19.1. The van der Waals surface area contributed by atoms with Gasteiger partial charge in [0.15, 0.2) is 0 Å². The van der Waals surface area contributed by atoms with Crippen LogP contribution in [0.15, 0.2) is 35.4 Å². The molecule has 9 heteroatoms. The van der Waals surface area contributed by atoms with Gasteiger partial charge >= 0.3 is 0 Å². The SMILES string of the molecule is O=C(Cn1ncn2c(cc3cc(F)ccc32)c1=O)NCCCN1CCOCC1. The second-order valence-corrected chi connectivity index (χ2v) is 6.85. The van der Waals surface area contributed by atoms with E-state index in [1.54, 1.807) is 16.5 Å². The molecule has 3 heterocycles. The lowest BCUT2D eigenvalue weighted by Gasteiger charge is -2.26. The number of ether oxygens (including phenoxy) is 1.